The normalized spacial score (nSPS) is 16.1. The quantitative estimate of drug-likeness (QED) is 0.589. The first-order valence-corrected chi connectivity index (χ1v) is 8.40. The molecule has 2 heterocycles. The van der Waals surface area contributed by atoms with Gasteiger partial charge in [0.2, 0.25) is 0 Å². The van der Waals surface area contributed by atoms with Gasteiger partial charge in [-0.1, -0.05) is 12.1 Å². The highest BCUT2D eigenvalue weighted by Crippen LogP contribution is 2.35. The Morgan fingerprint density at radius 1 is 1.44 bits per heavy atom. The SMILES string of the molecule is COc1cc(C2CCCO2)nc(C(=O)NCc2ccc([N+](=O)[O-])cc2)c1O. The van der Waals surface area contributed by atoms with Crippen LogP contribution in [0.4, 0.5) is 5.69 Å². The maximum absolute atomic E-state index is 12.5. The lowest BCUT2D eigenvalue weighted by Gasteiger charge is -2.14. The van der Waals surface area contributed by atoms with Crippen molar-refractivity contribution in [1.82, 2.24) is 10.3 Å². The van der Waals surface area contributed by atoms with E-state index in [0.717, 1.165) is 12.8 Å². The third-order valence-corrected chi connectivity index (χ3v) is 4.27. The second-order valence-corrected chi connectivity index (χ2v) is 6.05. The summed E-state index contributed by atoms with van der Waals surface area (Å²) in [6.45, 7) is 0.752. The second kappa shape index (κ2) is 8.00. The average molecular weight is 373 g/mol. The molecule has 27 heavy (non-hydrogen) atoms. The number of nitro groups is 1. The lowest BCUT2D eigenvalue weighted by molar-refractivity contribution is -0.384. The van der Waals surface area contributed by atoms with Gasteiger partial charge < -0.3 is 19.9 Å². The van der Waals surface area contributed by atoms with Crippen LogP contribution in [0.5, 0.6) is 11.5 Å². The highest BCUT2D eigenvalue weighted by atomic mass is 16.6. The van der Waals surface area contributed by atoms with Crippen LogP contribution in [-0.2, 0) is 11.3 Å². The number of benzene rings is 1. The third kappa shape index (κ3) is 4.14. The molecule has 0 radical (unpaired) electrons. The van der Waals surface area contributed by atoms with Crippen molar-refractivity contribution >= 4 is 11.6 Å². The predicted octanol–water partition coefficient (Wildman–Crippen LogP) is 2.49. The van der Waals surface area contributed by atoms with E-state index in [-0.39, 0.29) is 35.5 Å². The van der Waals surface area contributed by atoms with Crippen LogP contribution in [0.1, 0.15) is 40.7 Å². The monoisotopic (exact) mass is 373 g/mol. The van der Waals surface area contributed by atoms with Crippen LogP contribution in [0.25, 0.3) is 0 Å². The first-order chi connectivity index (χ1) is 13.0. The lowest BCUT2D eigenvalue weighted by atomic mass is 10.1. The minimum absolute atomic E-state index is 0.0293. The van der Waals surface area contributed by atoms with E-state index in [1.54, 1.807) is 18.2 Å². The van der Waals surface area contributed by atoms with Crippen molar-refractivity contribution in [3.8, 4) is 11.5 Å². The molecule has 1 saturated heterocycles. The molecule has 2 N–H and O–H groups in total. The number of methoxy groups -OCH3 is 1. The van der Waals surface area contributed by atoms with Crippen LogP contribution in [-0.4, -0.2) is 34.6 Å². The molecule has 0 saturated carbocycles. The second-order valence-electron chi connectivity index (χ2n) is 6.05. The molecule has 142 valence electrons. The summed E-state index contributed by atoms with van der Waals surface area (Å²) < 4.78 is 10.7. The number of carbonyl (C=O) groups is 1. The fourth-order valence-corrected chi connectivity index (χ4v) is 2.83. The molecular formula is C18H19N3O6. The van der Waals surface area contributed by atoms with Gasteiger partial charge >= 0.3 is 0 Å². The summed E-state index contributed by atoms with van der Waals surface area (Å²) in [6, 6.07) is 7.39. The zero-order valence-electron chi connectivity index (χ0n) is 14.7. The number of ether oxygens (including phenoxy) is 2. The van der Waals surface area contributed by atoms with Crippen molar-refractivity contribution in [2.24, 2.45) is 0 Å². The minimum Gasteiger partial charge on any atom is -0.503 e. The van der Waals surface area contributed by atoms with Gasteiger partial charge in [0.1, 0.15) is 0 Å². The Morgan fingerprint density at radius 2 is 2.19 bits per heavy atom. The number of non-ortho nitro benzene ring substituents is 1. The molecule has 2 aromatic rings. The maximum atomic E-state index is 12.5. The molecule has 1 aliphatic rings. The van der Waals surface area contributed by atoms with Gasteiger partial charge in [-0.15, -0.1) is 0 Å². The number of nitro benzene ring substituents is 1. The van der Waals surface area contributed by atoms with E-state index in [1.807, 2.05) is 0 Å². The first kappa shape index (κ1) is 18.6. The standard InChI is InChI=1S/C18H19N3O6/c1-26-15-9-13(14-3-2-8-27-14)20-16(17(15)22)18(23)19-10-11-4-6-12(7-5-11)21(24)25/h4-7,9,14,22H,2-3,8,10H2,1H3,(H,19,23). The summed E-state index contributed by atoms with van der Waals surface area (Å²) >= 11 is 0. The van der Waals surface area contributed by atoms with Gasteiger partial charge in [-0.05, 0) is 18.4 Å². The smallest absolute Gasteiger partial charge is 0.274 e. The third-order valence-electron chi connectivity index (χ3n) is 4.27. The summed E-state index contributed by atoms with van der Waals surface area (Å²) in [5.74, 6) is -0.777. The minimum atomic E-state index is -0.580. The van der Waals surface area contributed by atoms with Crippen molar-refractivity contribution in [3.05, 3.63) is 57.4 Å². The van der Waals surface area contributed by atoms with Crippen LogP contribution in [0.3, 0.4) is 0 Å². The number of amides is 1. The van der Waals surface area contributed by atoms with Crippen molar-refractivity contribution in [2.45, 2.75) is 25.5 Å². The summed E-state index contributed by atoms with van der Waals surface area (Å²) in [4.78, 5) is 27.0. The Bertz CT molecular complexity index is 847. The zero-order valence-corrected chi connectivity index (χ0v) is 14.7. The van der Waals surface area contributed by atoms with E-state index in [1.165, 1.54) is 19.2 Å². The fraction of sp³-hybridized carbons (Fsp3) is 0.333. The van der Waals surface area contributed by atoms with Gasteiger partial charge in [0.15, 0.2) is 17.2 Å². The van der Waals surface area contributed by atoms with Crippen molar-refractivity contribution < 1.29 is 24.3 Å². The molecule has 1 aromatic heterocycles. The number of hydrogen-bond donors (Lipinski definition) is 2. The Kier molecular flexibility index (Phi) is 5.51. The zero-order chi connectivity index (χ0) is 19.4. The van der Waals surface area contributed by atoms with Gasteiger partial charge in [-0.3, -0.25) is 14.9 Å². The Labute approximate surface area is 155 Å². The average Bonchev–Trinajstić information content (AvgIpc) is 3.21. The van der Waals surface area contributed by atoms with Crippen LogP contribution in [0.15, 0.2) is 30.3 Å². The van der Waals surface area contributed by atoms with Gasteiger partial charge in [0.05, 0.1) is 23.8 Å². The molecule has 1 aliphatic heterocycles. The van der Waals surface area contributed by atoms with E-state index < -0.39 is 10.8 Å². The van der Waals surface area contributed by atoms with E-state index in [4.69, 9.17) is 9.47 Å². The summed E-state index contributed by atoms with van der Waals surface area (Å²) in [7, 11) is 1.40. The lowest BCUT2D eigenvalue weighted by Crippen LogP contribution is -2.24. The van der Waals surface area contributed by atoms with E-state index >= 15 is 0 Å². The van der Waals surface area contributed by atoms with E-state index in [0.29, 0.717) is 17.9 Å². The topological polar surface area (TPSA) is 124 Å². The number of hydrogen-bond acceptors (Lipinski definition) is 7. The van der Waals surface area contributed by atoms with Gasteiger partial charge in [-0.25, -0.2) is 4.98 Å². The molecule has 1 aromatic carbocycles. The molecule has 1 atom stereocenters. The largest absolute Gasteiger partial charge is 0.503 e. The molecule has 1 unspecified atom stereocenters. The molecule has 1 fully saturated rings. The maximum Gasteiger partial charge on any atom is 0.274 e. The predicted molar refractivity (Wildman–Crippen MR) is 94.6 cm³/mol. The Morgan fingerprint density at radius 3 is 2.78 bits per heavy atom. The number of nitrogens with one attached hydrogen (secondary N) is 1. The summed E-state index contributed by atoms with van der Waals surface area (Å²) in [5.41, 5.74) is 1.03. The molecule has 0 bridgehead atoms. The van der Waals surface area contributed by atoms with Gasteiger partial charge in [-0.2, -0.15) is 0 Å². The van der Waals surface area contributed by atoms with Crippen molar-refractivity contribution in [2.75, 3.05) is 13.7 Å². The number of nitrogens with zero attached hydrogens (tertiary/aromatic N) is 2. The Hall–Kier alpha value is -3.20. The molecule has 9 heteroatoms. The molecule has 0 aliphatic carbocycles. The van der Waals surface area contributed by atoms with Crippen LogP contribution >= 0.6 is 0 Å². The number of aromatic nitrogens is 1. The van der Waals surface area contributed by atoms with Gasteiger partial charge in [0.25, 0.3) is 11.6 Å². The van der Waals surface area contributed by atoms with Crippen molar-refractivity contribution in [3.63, 3.8) is 0 Å². The van der Waals surface area contributed by atoms with E-state index in [9.17, 15) is 20.0 Å². The molecule has 0 spiro atoms. The highest BCUT2D eigenvalue weighted by molar-refractivity contribution is 5.95. The van der Waals surface area contributed by atoms with Gasteiger partial charge in [0, 0.05) is 31.4 Å². The number of pyridine rings is 1. The summed E-state index contributed by atoms with van der Waals surface area (Å²) in [6.07, 6.45) is 1.45. The molecule has 1 amide bonds. The molecular weight excluding hydrogens is 354 g/mol. The number of carbonyl (C=O) groups excluding carboxylic acids is 1. The molecule has 3 rings (SSSR count). The number of rotatable bonds is 6. The van der Waals surface area contributed by atoms with Crippen molar-refractivity contribution in [1.29, 1.82) is 0 Å². The van der Waals surface area contributed by atoms with Crippen LogP contribution in [0.2, 0.25) is 0 Å². The van der Waals surface area contributed by atoms with Crippen LogP contribution < -0.4 is 10.1 Å². The first-order valence-electron chi connectivity index (χ1n) is 8.40. The van der Waals surface area contributed by atoms with Crippen LogP contribution in [0, 0.1) is 10.1 Å². The molecule has 9 nitrogen and oxygen atoms in total. The number of aromatic hydroxyl groups is 1. The fourth-order valence-electron chi connectivity index (χ4n) is 2.83. The van der Waals surface area contributed by atoms with E-state index in [2.05, 4.69) is 10.3 Å². The highest BCUT2D eigenvalue weighted by Gasteiger charge is 2.25. The summed E-state index contributed by atoms with van der Waals surface area (Å²) in [5, 5.41) is 23.6. The Balaban J connectivity index is 1.76.